The summed E-state index contributed by atoms with van der Waals surface area (Å²) in [6.07, 6.45) is 1.31. The Morgan fingerprint density at radius 1 is 0.683 bits per heavy atom. The Labute approximate surface area is 239 Å². The van der Waals surface area contributed by atoms with Crippen LogP contribution in [0.1, 0.15) is 39.1 Å². The van der Waals surface area contributed by atoms with Gasteiger partial charge in [-0.05, 0) is 60.9 Å². The second-order valence-electron chi connectivity index (χ2n) is 10.3. The van der Waals surface area contributed by atoms with E-state index in [9.17, 15) is 19.2 Å². The molecule has 4 amide bonds. The number of carbonyl (C=O) groups excluding carboxylic acids is 4. The third kappa shape index (κ3) is 7.37. The number of benzene rings is 3. The van der Waals surface area contributed by atoms with Crippen molar-refractivity contribution in [1.29, 1.82) is 0 Å². The lowest BCUT2D eigenvalue weighted by Gasteiger charge is -2.31. The molecule has 212 valence electrons. The monoisotopic (exact) mass is 554 g/mol. The molecule has 0 saturated carbocycles. The van der Waals surface area contributed by atoms with Crippen LogP contribution in [0.3, 0.4) is 0 Å². The molecule has 0 spiro atoms. The lowest BCUT2D eigenvalue weighted by molar-refractivity contribution is -0.121. The molecule has 3 aromatic carbocycles. The number of likely N-dealkylation sites (tertiary alicyclic amines) is 1. The van der Waals surface area contributed by atoms with Gasteiger partial charge in [-0.2, -0.15) is 0 Å². The van der Waals surface area contributed by atoms with Gasteiger partial charge in [0.2, 0.25) is 11.8 Å². The van der Waals surface area contributed by atoms with Crippen LogP contribution in [-0.2, 0) is 20.7 Å². The summed E-state index contributed by atoms with van der Waals surface area (Å²) in [6, 6.07) is 23.3. The largest absolute Gasteiger partial charge is 0.378 e. The van der Waals surface area contributed by atoms with Gasteiger partial charge in [-0.15, -0.1) is 0 Å². The first-order valence-corrected chi connectivity index (χ1v) is 14.0. The molecular formula is C32H34N4O5. The molecule has 0 aliphatic carbocycles. The fourth-order valence-electron chi connectivity index (χ4n) is 5.18. The molecular weight excluding hydrogens is 520 g/mol. The molecule has 0 bridgehead atoms. The smallest absolute Gasteiger partial charge is 0.254 e. The topological polar surface area (TPSA) is 108 Å². The number of carbonyl (C=O) groups is 4. The maximum absolute atomic E-state index is 13.0. The molecule has 2 aliphatic rings. The minimum atomic E-state index is -0.222. The molecule has 0 unspecified atom stereocenters. The highest BCUT2D eigenvalue weighted by molar-refractivity contribution is 5.98. The number of morpholine rings is 1. The van der Waals surface area contributed by atoms with E-state index in [0.717, 1.165) is 5.56 Å². The van der Waals surface area contributed by atoms with Gasteiger partial charge in [0.25, 0.3) is 11.8 Å². The average Bonchev–Trinajstić information content (AvgIpc) is 3.01. The van der Waals surface area contributed by atoms with Crippen molar-refractivity contribution in [3.05, 3.63) is 95.6 Å². The summed E-state index contributed by atoms with van der Waals surface area (Å²) < 4.78 is 5.32. The maximum Gasteiger partial charge on any atom is 0.254 e. The first-order chi connectivity index (χ1) is 20.0. The summed E-state index contributed by atoms with van der Waals surface area (Å²) in [5.41, 5.74) is 3.11. The van der Waals surface area contributed by atoms with Gasteiger partial charge in [-0.25, -0.2) is 0 Å². The van der Waals surface area contributed by atoms with Crippen molar-refractivity contribution in [2.75, 3.05) is 50.0 Å². The fourth-order valence-corrected chi connectivity index (χ4v) is 5.18. The van der Waals surface area contributed by atoms with Gasteiger partial charge in [0.1, 0.15) is 0 Å². The van der Waals surface area contributed by atoms with Crippen LogP contribution in [0.25, 0.3) is 0 Å². The van der Waals surface area contributed by atoms with Crippen molar-refractivity contribution < 1.29 is 23.9 Å². The molecule has 2 aliphatic heterocycles. The standard InChI is InChI=1S/C32H34N4O5/c37-29(33-28-11-5-9-26(22-28)32(40)36-16-18-41-19-17-36)21-23-6-4-10-27(20-23)34-30(38)24-12-14-35(15-13-24)31(39)25-7-2-1-3-8-25/h1-11,20,22,24H,12-19,21H2,(H,33,37)(H,34,38). The summed E-state index contributed by atoms with van der Waals surface area (Å²) in [5, 5.41) is 5.85. The Hall–Kier alpha value is -4.50. The minimum Gasteiger partial charge on any atom is -0.378 e. The second kappa shape index (κ2) is 13.2. The molecule has 9 heteroatoms. The number of anilines is 2. The van der Waals surface area contributed by atoms with Gasteiger partial charge in [-0.3, -0.25) is 19.2 Å². The zero-order chi connectivity index (χ0) is 28.6. The minimum absolute atomic E-state index is 0.00846. The highest BCUT2D eigenvalue weighted by Crippen LogP contribution is 2.22. The normalized spacial score (nSPS) is 15.7. The highest BCUT2D eigenvalue weighted by atomic mass is 16.5. The summed E-state index contributed by atoms with van der Waals surface area (Å²) in [6.45, 7) is 3.22. The van der Waals surface area contributed by atoms with E-state index in [1.54, 1.807) is 64.4 Å². The van der Waals surface area contributed by atoms with Crippen LogP contribution < -0.4 is 10.6 Å². The van der Waals surface area contributed by atoms with E-state index in [-0.39, 0.29) is 36.0 Å². The van der Waals surface area contributed by atoms with Crippen molar-refractivity contribution in [3.8, 4) is 0 Å². The molecule has 2 heterocycles. The second-order valence-corrected chi connectivity index (χ2v) is 10.3. The molecule has 0 radical (unpaired) electrons. The van der Waals surface area contributed by atoms with Gasteiger partial charge in [0.05, 0.1) is 19.6 Å². The summed E-state index contributed by atoms with van der Waals surface area (Å²) in [7, 11) is 0. The Kier molecular flexibility index (Phi) is 9.05. The number of piperidine rings is 1. The third-order valence-corrected chi connectivity index (χ3v) is 7.42. The zero-order valence-electron chi connectivity index (χ0n) is 22.9. The molecule has 0 atom stereocenters. The van der Waals surface area contributed by atoms with Crippen LogP contribution in [0.4, 0.5) is 11.4 Å². The molecule has 3 aromatic rings. The SMILES string of the molecule is O=C(Cc1cccc(NC(=O)C2CCN(C(=O)c3ccccc3)CC2)c1)Nc1cccc(C(=O)N2CCOCC2)c1. The Balaban J connectivity index is 1.12. The van der Waals surface area contributed by atoms with Gasteiger partial charge in [-0.1, -0.05) is 36.4 Å². The number of nitrogens with zero attached hydrogens (tertiary/aromatic N) is 2. The van der Waals surface area contributed by atoms with E-state index in [0.29, 0.717) is 74.7 Å². The quantitative estimate of drug-likeness (QED) is 0.462. The highest BCUT2D eigenvalue weighted by Gasteiger charge is 2.28. The number of nitrogens with one attached hydrogen (secondary N) is 2. The maximum atomic E-state index is 13.0. The first kappa shape index (κ1) is 28.0. The van der Waals surface area contributed by atoms with Crippen LogP contribution >= 0.6 is 0 Å². The predicted octanol–water partition coefficient (Wildman–Crippen LogP) is 3.83. The van der Waals surface area contributed by atoms with Gasteiger partial charge < -0.3 is 25.2 Å². The Morgan fingerprint density at radius 2 is 1.29 bits per heavy atom. The predicted molar refractivity (Wildman–Crippen MR) is 156 cm³/mol. The molecule has 0 aromatic heterocycles. The number of rotatable bonds is 7. The fraction of sp³-hybridized carbons (Fsp3) is 0.312. The summed E-state index contributed by atoms with van der Waals surface area (Å²) in [4.78, 5) is 54.8. The number of hydrogen-bond donors (Lipinski definition) is 2. The lowest BCUT2D eigenvalue weighted by atomic mass is 9.95. The van der Waals surface area contributed by atoms with Crippen LogP contribution in [0, 0.1) is 5.92 Å². The number of amides is 4. The third-order valence-electron chi connectivity index (χ3n) is 7.42. The lowest BCUT2D eigenvalue weighted by Crippen LogP contribution is -2.41. The van der Waals surface area contributed by atoms with Crippen molar-refractivity contribution in [1.82, 2.24) is 9.80 Å². The molecule has 41 heavy (non-hydrogen) atoms. The van der Waals surface area contributed by atoms with Crippen LogP contribution in [-0.4, -0.2) is 72.8 Å². The van der Waals surface area contributed by atoms with E-state index in [1.807, 2.05) is 24.3 Å². The van der Waals surface area contributed by atoms with E-state index < -0.39 is 0 Å². The van der Waals surface area contributed by atoms with Crippen LogP contribution in [0.5, 0.6) is 0 Å². The number of hydrogen-bond acceptors (Lipinski definition) is 5. The first-order valence-electron chi connectivity index (χ1n) is 14.0. The zero-order valence-corrected chi connectivity index (χ0v) is 22.9. The molecule has 2 N–H and O–H groups in total. The molecule has 9 nitrogen and oxygen atoms in total. The van der Waals surface area contributed by atoms with Crippen molar-refractivity contribution in [2.45, 2.75) is 19.3 Å². The van der Waals surface area contributed by atoms with Gasteiger partial charge in [0, 0.05) is 54.6 Å². The van der Waals surface area contributed by atoms with Gasteiger partial charge in [0.15, 0.2) is 0 Å². The summed E-state index contributed by atoms with van der Waals surface area (Å²) >= 11 is 0. The van der Waals surface area contributed by atoms with E-state index >= 15 is 0 Å². The van der Waals surface area contributed by atoms with E-state index in [4.69, 9.17) is 4.74 Å². The van der Waals surface area contributed by atoms with E-state index in [2.05, 4.69) is 10.6 Å². The molecule has 2 fully saturated rings. The number of ether oxygens (including phenoxy) is 1. The Morgan fingerprint density at radius 3 is 2.02 bits per heavy atom. The summed E-state index contributed by atoms with van der Waals surface area (Å²) in [5.74, 6) is -0.582. The van der Waals surface area contributed by atoms with Crippen molar-refractivity contribution in [3.63, 3.8) is 0 Å². The van der Waals surface area contributed by atoms with E-state index in [1.165, 1.54) is 0 Å². The van der Waals surface area contributed by atoms with Crippen molar-refractivity contribution in [2.24, 2.45) is 5.92 Å². The van der Waals surface area contributed by atoms with Gasteiger partial charge >= 0.3 is 0 Å². The molecule has 5 rings (SSSR count). The average molecular weight is 555 g/mol. The van der Waals surface area contributed by atoms with Crippen LogP contribution in [0.2, 0.25) is 0 Å². The van der Waals surface area contributed by atoms with Crippen LogP contribution in [0.15, 0.2) is 78.9 Å². The van der Waals surface area contributed by atoms with Crippen molar-refractivity contribution >= 4 is 35.0 Å². The Bertz CT molecular complexity index is 1400. The molecule has 2 saturated heterocycles.